The van der Waals surface area contributed by atoms with Crippen molar-refractivity contribution < 1.29 is 24.0 Å². The molecule has 0 spiro atoms. The molecule has 7 heteroatoms. The van der Waals surface area contributed by atoms with Gasteiger partial charge in [0.1, 0.15) is 11.3 Å². The molecular formula is C17H13NO6. The molecule has 0 saturated carbocycles. The summed E-state index contributed by atoms with van der Waals surface area (Å²) >= 11 is 0. The number of para-hydroxylation sites is 1. The monoisotopic (exact) mass is 327 g/mol. The van der Waals surface area contributed by atoms with Crippen molar-refractivity contribution in [3.63, 3.8) is 0 Å². The smallest absolute Gasteiger partial charge is 0.341 e. The largest absolute Gasteiger partial charge is 0.465 e. The van der Waals surface area contributed by atoms with Crippen molar-refractivity contribution in [1.29, 1.82) is 0 Å². The van der Waals surface area contributed by atoms with Gasteiger partial charge >= 0.3 is 11.9 Å². The van der Waals surface area contributed by atoms with Crippen molar-refractivity contribution in [2.75, 3.05) is 7.11 Å². The average molecular weight is 327 g/mol. The van der Waals surface area contributed by atoms with E-state index in [4.69, 9.17) is 4.74 Å². The Morgan fingerprint density at radius 2 is 1.88 bits per heavy atom. The van der Waals surface area contributed by atoms with E-state index >= 15 is 0 Å². The molecule has 0 amide bonds. The number of hydrogen-bond donors (Lipinski definition) is 0. The first kappa shape index (κ1) is 16.9. The standard InChI is InChI=1S/C17H13NO6/c1-23-17(20)14-7-2-3-8-15(14)24-16(19)10-9-12-5-4-6-13(11-12)18(21)22/h2-11H,1H3/b10-9+. The van der Waals surface area contributed by atoms with Gasteiger partial charge in [0.2, 0.25) is 0 Å². The summed E-state index contributed by atoms with van der Waals surface area (Å²) in [5.41, 5.74) is 0.515. The van der Waals surface area contributed by atoms with E-state index in [2.05, 4.69) is 4.74 Å². The fourth-order valence-electron chi connectivity index (χ4n) is 1.88. The molecule has 0 saturated heterocycles. The maximum absolute atomic E-state index is 11.9. The molecule has 2 aromatic rings. The predicted molar refractivity (Wildman–Crippen MR) is 85.5 cm³/mol. The zero-order chi connectivity index (χ0) is 17.5. The van der Waals surface area contributed by atoms with Crippen LogP contribution in [0.15, 0.2) is 54.6 Å². The topological polar surface area (TPSA) is 95.7 Å². The number of hydrogen-bond acceptors (Lipinski definition) is 6. The van der Waals surface area contributed by atoms with Crippen LogP contribution in [0.1, 0.15) is 15.9 Å². The molecule has 0 N–H and O–H groups in total. The molecule has 2 rings (SSSR count). The third-order valence-electron chi connectivity index (χ3n) is 3.00. The fourth-order valence-corrected chi connectivity index (χ4v) is 1.88. The molecule has 0 heterocycles. The minimum Gasteiger partial charge on any atom is -0.465 e. The lowest BCUT2D eigenvalue weighted by atomic mass is 10.2. The first-order valence-electron chi connectivity index (χ1n) is 6.83. The van der Waals surface area contributed by atoms with E-state index in [0.29, 0.717) is 5.56 Å². The Bertz CT molecular complexity index is 812. The van der Waals surface area contributed by atoms with Crippen LogP contribution >= 0.6 is 0 Å². The molecule has 0 bridgehead atoms. The van der Waals surface area contributed by atoms with Gasteiger partial charge in [-0.25, -0.2) is 9.59 Å². The normalized spacial score (nSPS) is 10.4. The number of nitro groups is 1. The van der Waals surface area contributed by atoms with Crippen molar-refractivity contribution in [1.82, 2.24) is 0 Å². The fraction of sp³-hybridized carbons (Fsp3) is 0.0588. The number of nitro benzene ring substituents is 1. The Balaban J connectivity index is 2.13. The summed E-state index contributed by atoms with van der Waals surface area (Å²) in [6.07, 6.45) is 2.50. The summed E-state index contributed by atoms with van der Waals surface area (Å²) in [5.74, 6) is -1.28. The van der Waals surface area contributed by atoms with Crippen LogP contribution in [-0.2, 0) is 9.53 Å². The van der Waals surface area contributed by atoms with Crippen LogP contribution in [-0.4, -0.2) is 24.0 Å². The van der Waals surface area contributed by atoms with Gasteiger partial charge in [-0.05, 0) is 23.8 Å². The molecule has 0 aliphatic rings. The maximum atomic E-state index is 11.9. The number of carbonyl (C=O) groups is 2. The van der Waals surface area contributed by atoms with Crippen molar-refractivity contribution >= 4 is 23.7 Å². The number of rotatable bonds is 5. The number of non-ortho nitro benzene ring substituents is 1. The van der Waals surface area contributed by atoms with Crippen LogP contribution in [0.4, 0.5) is 5.69 Å². The van der Waals surface area contributed by atoms with Crippen molar-refractivity contribution in [2.24, 2.45) is 0 Å². The molecule has 0 aliphatic carbocycles. The number of esters is 2. The first-order chi connectivity index (χ1) is 11.5. The average Bonchev–Trinajstić information content (AvgIpc) is 2.60. The Labute approximate surface area is 137 Å². The highest BCUT2D eigenvalue weighted by Crippen LogP contribution is 2.19. The highest BCUT2D eigenvalue weighted by molar-refractivity contribution is 5.95. The number of methoxy groups -OCH3 is 1. The van der Waals surface area contributed by atoms with E-state index in [1.807, 2.05) is 0 Å². The van der Waals surface area contributed by atoms with Crippen molar-refractivity contribution in [3.8, 4) is 5.75 Å². The molecule has 0 atom stereocenters. The van der Waals surface area contributed by atoms with E-state index in [1.54, 1.807) is 18.2 Å². The van der Waals surface area contributed by atoms with Gasteiger partial charge in [-0.15, -0.1) is 0 Å². The number of carbonyl (C=O) groups excluding carboxylic acids is 2. The lowest BCUT2D eigenvalue weighted by Crippen LogP contribution is -2.09. The van der Waals surface area contributed by atoms with E-state index in [-0.39, 0.29) is 17.0 Å². The molecule has 2 aromatic carbocycles. The molecule has 7 nitrogen and oxygen atoms in total. The number of nitrogens with zero attached hydrogens (tertiary/aromatic N) is 1. The lowest BCUT2D eigenvalue weighted by Gasteiger charge is -2.06. The second-order valence-corrected chi connectivity index (χ2v) is 4.59. The summed E-state index contributed by atoms with van der Waals surface area (Å²) in [6.45, 7) is 0. The molecule has 0 unspecified atom stereocenters. The predicted octanol–water partition coefficient (Wildman–Crippen LogP) is 3.00. The van der Waals surface area contributed by atoms with Gasteiger partial charge in [-0.1, -0.05) is 24.3 Å². The van der Waals surface area contributed by atoms with Crippen molar-refractivity contribution in [3.05, 3.63) is 75.8 Å². The highest BCUT2D eigenvalue weighted by atomic mass is 16.6. The number of benzene rings is 2. The van der Waals surface area contributed by atoms with Crippen LogP contribution in [0.3, 0.4) is 0 Å². The Kier molecular flexibility index (Phi) is 5.40. The molecule has 0 aliphatic heterocycles. The van der Waals surface area contributed by atoms with Gasteiger partial charge in [-0.3, -0.25) is 10.1 Å². The minimum atomic E-state index is -0.724. The van der Waals surface area contributed by atoms with E-state index in [9.17, 15) is 19.7 Å². The summed E-state index contributed by atoms with van der Waals surface area (Å²) < 4.78 is 9.72. The molecule has 0 aromatic heterocycles. The van der Waals surface area contributed by atoms with Gasteiger partial charge in [0.25, 0.3) is 5.69 Å². The summed E-state index contributed by atoms with van der Waals surface area (Å²) in [6, 6.07) is 12.0. The van der Waals surface area contributed by atoms with Crippen LogP contribution in [0.2, 0.25) is 0 Å². The van der Waals surface area contributed by atoms with Gasteiger partial charge in [0.15, 0.2) is 0 Å². The third kappa shape index (κ3) is 4.26. The highest BCUT2D eigenvalue weighted by Gasteiger charge is 2.14. The Morgan fingerprint density at radius 3 is 2.58 bits per heavy atom. The van der Waals surface area contributed by atoms with Crippen molar-refractivity contribution in [2.45, 2.75) is 0 Å². The number of ether oxygens (including phenoxy) is 2. The minimum absolute atomic E-state index is 0.0676. The second-order valence-electron chi connectivity index (χ2n) is 4.59. The maximum Gasteiger partial charge on any atom is 0.341 e. The second kappa shape index (κ2) is 7.68. The van der Waals surface area contributed by atoms with E-state index < -0.39 is 16.9 Å². The zero-order valence-electron chi connectivity index (χ0n) is 12.7. The Morgan fingerprint density at radius 1 is 1.12 bits per heavy atom. The molecule has 0 fully saturated rings. The van der Waals surface area contributed by atoms with Crippen LogP contribution in [0, 0.1) is 10.1 Å². The molecular weight excluding hydrogens is 314 g/mol. The van der Waals surface area contributed by atoms with Gasteiger partial charge < -0.3 is 9.47 Å². The quantitative estimate of drug-likeness (QED) is 0.275. The van der Waals surface area contributed by atoms with E-state index in [0.717, 1.165) is 6.08 Å². The summed E-state index contributed by atoms with van der Waals surface area (Å²) in [5, 5.41) is 10.7. The molecule has 122 valence electrons. The first-order valence-corrected chi connectivity index (χ1v) is 6.83. The summed E-state index contributed by atoms with van der Waals surface area (Å²) in [7, 11) is 1.23. The van der Waals surface area contributed by atoms with Gasteiger partial charge in [0, 0.05) is 18.2 Å². The third-order valence-corrected chi connectivity index (χ3v) is 3.00. The van der Waals surface area contributed by atoms with Gasteiger partial charge in [0.05, 0.1) is 12.0 Å². The lowest BCUT2D eigenvalue weighted by molar-refractivity contribution is -0.384. The van der Waals surface area contributed by atoms with E-state index in [1.165, 1.54) is 43.5 Å². The Hall–Kier alpha value is -3.48. The zero-order valence-corrected chi connectivity index (χ0v) is 12.7. The van der Waals surface area contributed by atoms with Crippen LogP contribution < -0.4 is 4.74 Å². The van der Waals surface area contributed by atoms with Crippen LogP contribution in [0.5, 0.6) is 5.75 Å². The van der Waals surface area contributed by atoms with Crippen LogP contribution in [0.25, 0.3) is 6.08 Å². The molecule has 24 heavy (non-hydrogen) atoms. The molecule has 0 radical (unpaired) electrons. The van der Waals surface area contributed by atoms with Gasteiger partial charge in [-0.2, -0.15) is 0 Å². The summed E-state index contributed by atoms with van der Waals surface area (Å²) in [4.78, 5) is 33.7. The SMILES string of the molecule is COC(=O)c1ccccc1OC(=O)/C=C/c1cccc([N+](=O)[O-])c1.